The van der Waals surface area contributed by atoms with Crippen molar-refractivity contribution in [3.63, 3.8) is 0 Å². The van der Waals surface area contributed by atoms with Gasteiger partial charge in [-0.2, -0.15) is 0 Å². The molecule has 0 saturated heterocycles. The second-order valence-corrected chi connectivity index (χ2v) is 14.9. The zero-order valence-electron chi connectivity index (χ0n) is 28.4. The number of rotatable bonds is 4. The second kappa shape index (κ2) is 12.4. The summed E-state index contributed by atoms with van der Waals surface area (Å²) in [7, 11) is 0. The Morgan fingerprint density at radius 3 is 1.24 bits per heavy atom. The van der Waals surface area contributed by atoms with E-state index in [4.69, 9.17) is 9.47 Å². The van der Waals surface area contributed by atoms with Gasteiger partial charge in [0, 0.05) is 23.0 Å². The smallest absolute Gasteiger partial charge is 0.318 e. The Morgan fingerprint density at radius 2 is 0.820 bits per heavy atom. The maximum atomic E-state index is 14.2. The number of hydrogen-bond donors (Lipinski definition) is 0. The molecule has 2 aliphatic carbocycles. The molecule has 0 N–H and O–H groups in total. The Labute approximate surface area is 293 Å². The van der Waals surface area contributed by atoms with Crippen LogP contribution < -0.4 is 0 Å². The van der Waals surface area contributed by atoms with Gasteiger partial charge >= 0.3 is 11.9 Å². The summed E-state index contributed by atoms with van der Waals surface area (Å²) in [5.74, 6) is 0.889. The molecule has 5 aromatic rings. The number of fused-ring (bicyclic) bond motifs is 2. The average Bonchev–Trinajstić information content (AvgIpc) is 3.17. The van der Waals surface area contributed by atoms with Gasteiger partial charge in [0.1, 0.15) is 11.5 Å². The van der Waals surface area contributed by atoms with E-state index in [1.807, 2.05) is 36.4 Å². The molecule has 0 radical (unpaired) electrons. The van der Waals surface area contributed by atoms with Crippen molar-refractivity contribution >= 4 is 45.0 Å². The van der Waals surface area contributed by atoms with Crippen LogP contribution in [0.25, 0.3) is 33.1 Å². The van der Waals surface area contributed by atoms with Gasteiger partial charge in [0.2, 0.25) is 0 Å². The number of benzene rings is 5. The maximum Gasteiger partial charge on any atom is 0.318 e. The van der Waals surface area contributed by atoms with Crippen molar-refractivity contribution in [3.8, 4) is 0 Å². The lowest BCUT2D eigenvalue weighted by atomic mass is 9.61. The van der Waals surface area contributed by atoms with Crippen molar-refractivity contribution < 1.29 is 19.1 Å². The van der Waals surface area contributed by atoms with Crippen LogP contribution in [0.4, 0.5) is 0 Å². The summed E-state index contributed by atoms with van der Waals surface area (Å²) in [5.41, 5.74) is 3.01. The lowest BCUT2D eigenvalue weighted by molar-refractivity contribution is -0.154. The monoisotopic (exact) mass is 658 g/mol. The van der Waals surface area contributed by atoms with Crippen LogP contribution in [0.3, 0.4) is 0 Å². The molecule has 4 aliphatic rings. The fourth-order valence-corrected chi connectivity index (χ4v) is 9.65. The summed E-state index contributed by atoms with van der Waals surface area (Å²) in [6.45, 7) is 0. The van der Waals surface area contributed by atoms with Gasteiger partial charge in [-0.3, -0.25) is 9.59 Å². The molecule has 0 amide bonds. The van der Waals surface area contributed by atoms with Crippen LogP contribution in [0.1, 0.15) is 98.3 Å². The first-order valence-electron chi connectivity index (χ1n) is 18.5. The molecule has 2 atom stereocenters. The minimum atomic E-state index is -0.575. The summed E-state index contributed by atoms with van der Waals surface area (Å²) >= 11 is 0. The van der Waals surface area contributed by atoms with E-state index in [1.54, 1.807) is 0 Å². The van der Waals surface area contributed by atoms with Gasteiger partial charge in [-0.05, 0) is 70.5 Å². The number of hydrogen-bond acceptors (Lipinski definition) is 4. The summed E-state index contributed by atoms with van der Waals surface area (Å²) in [4.78, 5) is 28.3. The van der Waals surface area contributed by atoms with E-state index in [1.165, 1.54) is 0 Å². The van der Waals surface area contributed by atoms with Gasteiger partial charge in [-0.1, -0.05) is 148 Å². The average molecular weight is 659 g/mol. The van der Waals surface area contributed by atoms with E-state index in [0.717, 1.165) is 108 Å². The van der Waals surface area contributed by atoms with Gasteiger partial charge in [0.25, 0.3) is 0 Å². The maximum absolute atomic E-state index is 14.2. The first-order chi connectivity index (χ1) is 24.6. The topological polar surface area (TPSA) is 52.6 Å². The van der Waals surface area contributed by atoms with Crippen LogP contribution in [-0.2, 0) is 19.1 Å². The van der Waals surface area contributed by atoms with Crippen LogP contribution >= 0.6 is 0 Å². The highest BCUT2D eigenvalue weighted by Crippen LogP contribution is 2.55. The fourth-order valence-electron chi connectivity index (χ4n) is 9.65. The number of carbonyl (C=O) groups excluding carboxylic acids is 2. The summed E-state index contributed by atoms with van der Waals surface area (Å²) < 4.78 is 12.6. The van der Waals surface area contributed by atoms with Crippen molar-refractivity contribution in [1.82, 2.24) is 0 Å². The molecule has 250 valence electrons. The normalized spacial score (nSPS) is 23.0. The molecule has 2 saturated carbocycles. The molecule has 0 aromatic heterocycles. The Balaban J connectivity index is 1.14. The van der Waals surface area contributed by atoms with E-state index < -0.39 is 10.8 Å². The molecular weight excluding hydrogens is 617 g/mol. The quantitative estimate of drug-likeness (QED) is 0.180. The molecule has 2 aliphatic heterocycles. The second-order valence-electron chi connectivity index (χ2n) is 14.9. The van der Waals surface area contributed by atoms with E-state index in [9.17, 15) is 9.59 Å². The van der Waals surface area contributed by atoms with Crippen LogP contribution in [0, 0.1) is 10.8 Å². The minimum Gasteiger partial charge on any atom is -0.426 e. The first kappa shape index (κ1) is 31.1. The molecule has 9 rings (SSSR count). The molecule has 4 nitrogen and oxygen atoms in total. The molecular formula is C46H42O4. The number of ether oxygens (including phenoxy) is 2. The minimum absolute atomic E-state index is 0.101. The van der Waals surface area contributed by atoms with Crippen molar-refractivity contribution in [3.05, 3.63) is 144 Å². The Kier molecular flexibility index (Phi) is 7.71. The van der Waals surface area contributed by atoms with Gasteiger partial charge in [0.15, 0.2) is 0 Å². The molecule has 2 spiro atoms. The van der Waals surface area contributed by atoms with Crippen molar-refractivity contribution in [1.29, 1.82) is 0 Å². The highest BCUT2D eigenvalue weighted by atomic mass is 16.5. The van der Waals surface area contributed by atoms with Gasteiger partial charge < -0.3 is 9.47 Å². The number of cyclic esters (lactones) is 2. The molecule has 4 heteroatoms. The zero-order chi connectivity index (χ0) is 33.7. The number of esters is 2. The molecule has 2 heterocycles. The molecule has 2 unspecified atom stereocenters. The van der Waals surface area contributed by atoms with Gasteiger partial charge in [0.05, 0.1) is 10.8 Å². The molecule has 0 bridgehead atoms. The highest BCUT2D eigenvalue weighted by Gasteiger charge is 2.52. The fraction of sp³-hybridized carbons (Fsp3) is 0.304. The lowest BCUT2D eigenvalue weighted by Gasteiger charge is -2.44. The Bertz CT molecular complexity index is 2010. The standard InChI is InChI=1S/C46H42O4/c47-43-45(25-7-1-8-26-45)39(29-41(49-43)37-19-11-15-31-13-3-5-17-35(31)37)33-21-23-34(24-22-33)40-30-42(50-44(48)46(40)27-9-2-10-28-46)38-20-12-16-32-14-4-6-18-36(32)38/h3-6,11-24,29-30,39-40H,1-2,7-10,25-28H2. The first-order valence-corrected chi connectivity index (χ1v) is 18.5. The van der Waals surface area contributed by atoms with E-state index >= 15 is 0 Å². The van der Waals surface area contributed by atoms with Gasteiger partial charge in [-0.25, -0.2) is 0 Å². The molecule has 5 aromatic carbocycles. The molecule has 2 fully saturated rings. The third kappa shape index (κ3) is 5.02. The van der Waals surface area contributed by atoms with Crippen molar-refractivity contribution in [2.45, 2.75) is 76.0 Å². The number of carbonyl (C=O) groups is 2. The zero-order valence-corrected chi connectivity index (χ0v) is 28.4. The lowest BCUT2D eigenvalue weighted by Crippen LogP contribution is -2.43. The third-order valence-electron chi connectivity index (χ3n) is 12.3. The largest absolute Gasteiger partial charge is 0.426 e. The summed E-state index contributed by atoms with van der Waals surface area (Å²) in [6, 6.07) is 37.8. The SMILES string of the molecule is O=C1OC(c2cccc3ccccc23)=CC(c2ccc(C3C=C(c4cccc5ccccc45)OC(=O)C34CCCCC4)cc2)C12CCCCC2. The molecule has 50 heavy (non-hydrogen) atoms. The Hall–Kier alpha value is -4.96. The van der Waals surface area contributed by atoms with E-state index in [2.05, 4.69) is 84.9 Å². The highest BCUT2D eigenvalue weighted by molar-refractivity contribution is 5.98. The van der Waals surface area contributed by atoms with Crippen LogP contribution in [0.15, 0.2) is 121 Å². The van der Waals surface area contributed by atoms with Gasteiger partial charge in [-0.15, -0.1) is 0 Å². The summed E-state index contributed by atoms with van der Waals surface area (Å²) in [5, 5.41) is 4.41. The van der Waals surface area contributed by atoms with Crippen LogP contribution in [-0.4, -0.2) is 11.9 Å². The van der Waals surface area contributed by atoms with Crippen molar-refractivity contribution in [2.24, 2.45) is 10.8 Å². The predicted molar refractivity (Wildman–Crippen MR) is 199 cm³/mol. The Morgan fingerprint density at radius 1 is 0.440 bits per heavy atom. The van der Waals surface area contributed by atoms with Crippen LogP contribution in [0.5, 0.6) is 0 Å². The predicted octanol–water partition coefficient (Wildman–Crippen LogP) is 11.3. The van der Waals surface area contributed by atoms with E-state index in [-0.39, 0.29) is 23.8 Å². The van der Waals surface area contributed by atoms with Crippen LogP contribution in [0.2, 0.25) is 0 Å². The third-order valence-corrected chi connectivity index (χ3v) is 12.3. The number of allylic oxidation sites excluding steroid dienone is 2. The van der Waals surface area contributed by atoms with E-state index in [0.29, 0.717) is 11.5 Å². The summed E-state index contributed by atoms with van der Waals surface area (Å²) in [6.07, 6.45) is 14.1. The van der Waals surface area contributed by atoms with Crippen molar-refractivity contribution in [2.75, 3.05) is 0 Å².